The fourth-order valence-electron chi connectivity index (χ4n) is 6.58. The molecular formula is C31H38F3N2O7+. The maximum absolute atomic E-state index is 14.8. The van der Waals surface area contributed by atoms with Gasteiger partial charge in [-0.15, -0.1) is 0 Å². The Balaban J connectivity index is 1.74. The number of halogens is 3. The van der Waals surface area contributed by atoms with E-state index in [0.29, 0.717) is 12.8 Å². The van der Waals surface area contributed by atoms with Gasteiger partial charge in [-0.1, -0.05) is 60.7 Å². The van der Waals surface area contributed by atoms with Crippen LogP contribution in [-0.4, -0.2) is 82.7 Å². The van der Waals surface area contributed by atoms with E-state index in [9.17, 15) is 32.7 Å². The maximum atomic E-state index is 14.8. The van der Waals surface area contributed by atoms with Crippen molar-refractivity contribution in [3.05, 3.63) is 71.8 Å². The molecule has 234 valence electrons. The normalized spacial score (nSPS) is 23.4. The molecule has 1 N–H and O–H groups in total. The maximum Gasteiger partial charge on any atom is 0.514 e. The Labute approximate surface area is 248 Å². The number of benzene rings is 2. The van der Waals surface area contributed by atoms with Gasteiger partial charge in [-0.2, -0.15) is 18.0 Å². The molecule has 2 aliphatic heterocycles. The zero-order valence-corrected chi connectivity index (χ0v) is 24.7. The molecule has 2 saturated heterocycles. The lowest BCUT2D eigenvalue weighted by Crippen LogP contribution is -2.82. The Hall–Kier alpha value is -3.64. The number of amides is 2. The molecule has 9 nitrogen and oxygen atoms in total. The molecule has 2 aliphatic rings. The van der Waals surface area contributed by atoms with Crippen molar-refractivity contribution in [3.63, 3.8) is 0 Å². The Morgan fingerprint density at radius 2 is 1.56 bits per heavy atom. The van der Waals surface area contributed by atoms with Crippen LogP contribution in [0.25, 0.3) is 0 Å². The molecule has 4 rings (SSSR count). The van der Waals surface area contributed by atoms with Gasteiger partial charge in [0.2, 0.25) is 0 Å². The smallest absolute Gasteiger partial charge is 0.446 e. The summed E-state index contributed by atoms with van der Waals surface area (Å²) in [5.74, 6) is -1.73. The van der Waals surface area contributed by atoms with Crippen molar-refractivity contribution in [1.82, 2.24) is 4.90 Å². The average molecular weight is 608 g/mol. The van der Waals surface area contributed by atoms with Crippen LogP contribution in [0.4, 0.5) is 22.8 Å². The first-order valence-electron chi connectivity index (χ1n) is 14.1. The van der Waals surface area contributed by atoms with Gasteiger partial charge in [0.05, 0.1) is 19.6 Å². The number of ether oxygens (including phenoxy) is 3. The minimum absolute atomic E-state index is 0.0433. The van der Waals surface area contributed by atoms with E-state index < -0.39 is 57.2 Å². The van der Waals surface area contributed by atoms with E-state index in [1.807, 2.05) is 6.07 Å². The average Bonchev–Trinajstić information content (AvgIpc) is 2.93. The minimum Gasteiger partial charge on any atom is -0.446 e. The summed E-state index contributed by atoms with van der Waals surface area (Å²) in [6, 6.07) is 14.4. The molecule has 2 aromatic carbocycles. The summed E-state index contributed by atoms with van der Waals surface area (Å²) in [5.41, 5.74) is -5.92. The Morgan fingerprint density at radius 1 is 0.977 bits per heavy atom. The molecule has 2 amide bonds. The largest absolute Gasteiger partial charge is 0.514 e. The molecular weight excluding hydrogens is 569 g/mol. The number of carbonyl (C=O) groups excluding carboxylic acids is 2. The van der Waals surface area contributed by atoms with Crippen molar-refractivity contribution in [3.8, 4) is 0 Å². The Morgan fingerprint density at radius 3 is 2.07 bits per heavy atom. The second-order valence-electron chi connectivity index (χ2n) is 12.2. The fraction of sp³-hybridized carbons (Fsp3) is 0.516. The van der Waals surface area contributed by atoms with Gasteiger partial charge in [0.25, 0.3) is 5.60 Å². The Bertz CT molecular complexity index is 1310. The quantitative estimate of drug-likeness (QED) is 0.310. The summed E-state index contributed by atoms with van der Waals surface area (Å²) in [5, 5.41) is 10.6. The second kappa shape index (κ2) is 11.8. The van der Waals surface area contributed by atoms with Crippen molar-refractivity contribution in [2.45, 2.75) is 75.6 Å². The third kappa shape index (κ3) is 5.58. The molecule has 2 fully saturated rings. The number of hydrogen-bond donors (Lipinski definition) is 1. The van der Waals surface area contributed by atoms with Gasteiger partial charge in [0.15, 0.2) is 5.60 Å². The molecule has 1 unspecified atom stereocenters. The van der Waals surface area contributed by atoms with E-state index in [1.54, 1.807) is 45.0 Å². The van der Waals surface area contributed by atoms with Crippen LogP contribution >= 0.6 is 0 Å². The van der Waals surface area contributed by atoms with Crippen LogP contribution in [0.5, 0.6) is 0 Å². The lowest BCUT2D eigenvalue weighted by atomic mass is 9.75. The Kier molecular flexibility index (Phi) is 8.86. The predicted octanol–water partition coefficient (Wildman–Crippen LogP) is 5.87. The number of likely N-dealkylation sites (tertiary alicyclic amines) is 2. The number of quaternary nitrogens is 1. The topological polar surface area (TPSA) is 102 Å². The summed E-state index contributed by atoms with van der Waals surface area (Å²) in [6.07, 6.45) is -5.79. The summed E-state index contributed by atoms with van der Waals surface area (Å²) in [6.45, 7) is 4.66. The van der Waals surface area contributed by atoms with Crippen molar-refractivity contribution in [2.24, 2.45) is 0 Å². The van der Waals surface area contributed by atoms with E-state index in [-0.39, 0.29) is 32.7 Å². The zero-order valence-electron chi connectivity index (χ0n) is 24.7. The monoisotopic (exact) mass is 607 g/mol. The molecule has 0 saturated carbocycles. The highest BCUT2D eigenvalue weighted by Crippen LogP contribution is 2.49. The third-order valence-corrected chi connectivity index (χ3v) is 8.77. The first-order chi connectivity index (χ1) is 20.1. The molecule has 2 aromatic rings. The number of carboxylic acid groups (broad SMARTS) is 1. The highest BCUT2D eigenvalue weighted by atomic mass is 19.4. The molecule has 0 radical (unpaired) electrons. The van der Waals surface area contributed by atoms with Crippen LogP contribution in [-0.2, 0) is 31.2 Å². The fourth-order valence-corrected chi connectivity index (χ4v) is 6.58. The molecule has 12 heteroatoms. The summed E-state index contributed by atoms with van der Waals surface area (Å²) >= 11 is 0. The van der Waals surface area contributed by atoms with E-state index in [2.05, 4.69) is 0 Å². The molecule has 3 atom stereocenters. The number of methoxy groups -OCH3 is 1. The summed E-state index contributed by atoms with van der Waals surface area (Å²) < 4.78 is 60.0. The molecule has 0 aliphatic carbocycles. The van der Waals surface area contributed by atoms with E-state index in [4.69, 9.17) is 14.2 Å². The highest BCUT2D eigenvalue weighted by Gasteiger charge is 2.71. The number of nitrogens with zero attached hydrogens (tertiary/aromatic N) is 2. The van der Waals surface area contributed by atoms with Crippen molar-refractivity contribution in [2.75, 3.05) is 26.7 Å². The van der Waals surface area contributed by atoms with Crippen LogP contribution in [0, 0.1) is 0 Å². The van der Waals surface area contributed by atoms with Gasteiger partial charge in [-0.25, -0.2) is 14.1 Å². The molecule has 2 heterocycles. The van der Waals surface area contributed by atoms with Gasteiger partial charge >= 0.3 is 24.3 Å². The van der Waals surface area contributed by atoms with Crippen molar-refractivity contribution >= 4 is 18.2 Å². The van der Waals surface area contributed by atoms with E-state index in [0.717, 1.165) is 24.8 Å². The molecule has 0 bridgehead atoms. The first kappa shape index (κ1) is 32.3. The number of rotatable bonds is 7. The minimum atomic E-state index is -5.23. The zero-order chi connectivity index (χ0) is 31.7. The molecule has 0 aromatic heterocycles. The van der Waals surface area contributed by atoms with Crippen molar-refractivity contribution in [1.29, 1.82) is 0 Å². The number of alkyl halides is 3. The lowest BCUT2D eigenvalue weighted by Gasteiger charge is -2.60. The van der Waals surface area contributed by atoms with Crippen LogP contribution in [0.1, 0.15) is 51.2 Å². The van der Waals surface area contributed by atoms with Gasteiger partial charge in [0, 0.05) is 19.1 Å². The van der Waals surface area contributed by atoms with Crippen LogP contribution in [0.15, 0.2) is 60.7 Å². The second-order valence-corrected chi connectivity index (χ2v) is 12.2. The van der Waals surface area contributed by atoms with Gasteiger partial charge < -0.3 is 19.3 Å². The predicted molar refractivity (Wildman–Crippen MR) is 149 cm³/mol. The summed E-state index contributed by atoms with van der Waals surface area (Å²) in [4.78, 5) is 41.1. The molecule has 0 spiro atoms. The number of piperidine rings is 1. The van der Waals surface area contributed by atoms with Gasteiger partial charge in [-0.05, 0) is 39.2 Å². The van der Waals surface area contributed by atoms with Gasteiger partial charge in [0.1, 0.15) is 18.2 Å². The standard InChI is InChI=1S/C31H37F3N2O7/c1-28(2,3)36(27(39)40)18-12-11-17-24(36)29(20-35(21-29)26(38)42-19-22-13-7-5-8-14-22)43-25(37)30(41-4,31(32,33)34)23-15-9-6-10-16-23/h5-10,13-16,24H,11-12,17-21H2,1-4H3/p+1/t24-,30-,36?/m1/s1. The lowest BCUT2D eigenvalue weighted by molar-refractivity contribution is -0.938. The molecule has 43 heavy (non-hydrogen) atoms. The van der Waals surface area contributed by atoms with Crippen LogP contribution < -0.4 is 0 Å². The number of esters is 1. The number of carbonyl (C=O) groups is 3. The van der Waals surface area contributed by atoms with Crippen LogP contribution in [0.2, 0.25) is 0 Å². The van der Waals surface area contributed by atoms with Crippen molar-refractivity contribution < 1.29 is 51.4 Å². The van der Waals surface area contributed by atoms with E-state index in [1.165, 1.54) is 23.1 Å². The number of hydrogen-bond acceptors (Lipinski definition) is 6. The van der Waals surface area contributed by atoms with Crippen LogP contribution in [0.3, 0.4) is 0 Å². The first-order valence-corrected chi connectivity index (χ1v) is 14.1. The highest BCUT2D eigenvalue weighted by molar-refractivity contribution is 5.83. The van der Waals surface area contributed by atoms with Gasteiger partial charge in [-0.3, -0.25) is 4.90 Å². The summed E-state index contributed by atoms with van der Waals surface area (Å²) in [7, 11) is 0.774. The van der Waals surface area contributed by atoms with E-state index >= 15 is 0 Å². The SMILES string of the molecule is CO[C@@](C(=O)OC1([C@H]2CCCC[N+]2(C(=O)O)C(C)(C)C)CN(C(=O)OCc2ccccc2)C1)(c1ccccc1)C(F)(F)F. The third-order valence-electron chi connectivity index (χ3n) is 8.77.